The minimum Gasteiger partial charge on any atom is -0.464 e. The number of esters is 1. The molecule has 6 nitrogen and oxygen atoms in total. The van der Waals surface area contributed by atoms with Crippen LogP contribution in [0.25, 0.3) is 0 Å². The van der Waals surface area contributed by atoms with Gasteiger partial charge in [-0.05, 0) is 5.92 Å². The Morgan fingerprint density at radius 1 is 1.56 bits per heavy atom. The molecule has 0 aliphatic carbocycles. The summed E-state index contributed by atoms with van der Waals surface area (Å²) in [7, 11) is 1.34. The van der Waals surface area contributed by atoms with Crippen LogP contribution in [0.2, 0.25) is 0 Å². The van der Waals surface area contributed by atoms with E-state index in [0.29, 0.717) is 6.54 Å². The minimum atomic E-state index is -0.455. The van der Waals surface area contributed by atoms with E-state index in [1.165, 1.54) is 18.4 Å². The van der Waals surface area contributed by atoms with Crippen molar-refractivity contribution in [1.29, 1.82) is 0 Å². The summed E-state index contributed by atoms with van der Waals surface area (Å²) in [5.41, 5.74) is 3.73. The standard InChI is InChI=1S/C11H14N4O2S/c1-7(2)10-9(11(16)17-3)13-14-15(10)4-8-5-18-6-12-8/h5-7H,4H2,1-3H3. The van der Waals surface area contributed by atoms with Gasteiger partial charge in [0.05, 0.1) is 30.6 Å². The summed E-state index contributed by atoms with van der Waals surface area (Å²) in [6, 6.07) is 0. The maximum atomic E-state index is 11.6. The molecule has 2 rings (SSSR count). The number of rotatable bonds is 4. The third-order valence-corrected chi connectivity index (χ3v) is 3.13. The molecule has 0 aromatic carbocycles. The number of hydrogen-bond donors (Lipinski definition) is 0. The number of carbonyl (C=O) groups is 1. The number of methoxy groups -OCH3 is 1. The van der Waals surface area contributed by atoms with Crippen LogP contribution in [0.15, 0.2) is 10.9 Å². The van der Waals surface area contributed by atoms with Gasteiger partial charge >= 0.3 is 5.97 Å². The molecule has 0 amide bonds. The molecule has 18 heavy (non-hydrogen) atoms. The summed E-state index contributed by atoms with van der Waals surface area (Å²) in [6.07, 6.45) is 0. The molecule has 7 heteroatoms. The van der Waals surface area contributed by atoms with Crippen molar-refractivity contribution in [3.8, 4) is 0 Å². The number of aromatic nitrogens is 4. The van der Waals surface area contributed by atoms with Crippen molar-refractivity contribution in [1.82, 2.24) is 20.0 Å². The van der Waals surface area contributed by atoms with Gasteiger partial charge in [0.1, 0.15) is 0 Å². The van der Waals surface area contributed by atoms with Crippen LogP contribution in [0.3, 0.4) is 0 Å². The zero-order chi connectivity index (χ0) is 13.1. The SMILES string of the molecule is COC(=O)c1nnn(Cc2cscn2)c1C(C)C. The van der Waals surface area contributed by atoms with Crippen molar-refractivity contribution >= 4 is 17.3 Å². The molecule has 0 unspecified atom stereocenters. The lowest BCUT2D eigenvalue weighted by molar-refractivity contribution is 0.0592. The second-order valence-electron chi connectivity index (χ2n) is 4.11. The zero-order valence-electron chi connectivity index (χ0n) is 10.5. The van der Waals surface area contributed by atoms with Gasteiger partial charge in [0.15, 0.2) is 5.69 Å². The summed E-state index contributed by atoms with van der Waals surface area (Å²) in [6.45, 7) is 4.49. The highest BCUT2D eigenvalue weighted by atomic mass is 32.1. The normalized spacial score (nSPS) is 10.9. The van der Waals surface area contributed by atoms with E-state index in [-0.39, 0.29) is 11.6 Å². The largest absolute Gasteiger partial charge is 0.464 e. The first-order chi connectivity index (χ1) is 8.63. The molecule has 0 aliphatic heterocycles. The number of hydrogen-bond acceptors (Lipinski definition) is 6. The molecule has 0 radical (unpaired) electrons. The monoisotopic (exact) mass is 266 g/mol. The van der Waals surface area contributed by atoms with E-state index in [2.05, 4.69) is 15.3 Å². The number of thiazole rings is 1. The molecule has 0 bridgehead atoms. The maximum absolute atomic E-state index is 11.6. The fourth-order valence-corrected chi connectivity index (χ4v) is 2.27. The summed E-state index contributed by atoms with van der Waals surface area (Å²) in [4.78, 5) is 15.8. The first-order valence-electron chi connectivity index (χ1n) is 5.52. The van der Waals surface area contributed by atoms with Crippen LogP contribution in [0.4, 0.5) is 0 Å². The minimum absolute atomic E-state index is 0.132. The van der Waals surface area contributed by atoms with E-state index in [1.54, 1.807) is 10.2 Å². The Hall–Kier alpha value is -1.76. The molecule has 2 heterocycles. The molecule has 0 saturated carbocycles. The number of carbonyl (C=O) groups excluding carboxylic acids is 1. The lowest BCUT2D eigenvalue weighted by Crippen LogP contribution is -2.12. The van der Waals surface area contributed by atoms with Crippen LogP contribution < -0.4 is 0 Å². The van der Waals surface area contributed by atoms with E-state index in [1.807, 2.05) is 19.2 Å². The van der Waals surface area contributed by atoms with E-state index in [9.17, 15) is 4.79 Å². The summed E-state index contributed by atoms with van der Waals surface area (Å²) in [5, 5.41) is 9.86. The number of nitrogens with zero attached hydrogens (tertiary/aromatic N) is 4. The Labute approximate surface area is 109 Å². The molecule has 0 spiro atoms. The smallest absolute Gasteiger partial charge is 0.360 e. The molecule has 0 saturated heterocycles. The van der Waals surface area contributed by atoms with Gasteiger partial charge in [-0.1, -0.05) is 19.1 Å². The van der Waals surface area contributed by atoms with E-state index in [4.69, 9.17) is 4.74 Å². The van der Waals surface area contributed by atoms with Crippen LogP contribution in [-0.2, 0) is 11.3 Å². The summed E-state index contributed by atoms with van der Waals surface area (Å²) in [5.74, 6) is -0.323. The Kier molecular flexibility index (Phi) is 3.71. The van der Waals surface area contributed by atoms with E-state index in [0.717, 1.165) is 11.4 Å². The van der Waals surface area contributed by atoms with Crippen molar-refractivity contribution in [3.05, 3.63) is 28.0 Å². The van der Waals surface area contributed by atoms with Crippen LogP contribution in [0.5, 0.6) is 0 Å². The molecular weight excluding hydrogens is 252 g/mol. The van der Waals surface area contributed by atoms with Crippen LogP contribution in [0.1, 0.15) is 41.6 Å². The van der Waals surface area contributed by atoms with Crippen LogP contribution in [-0.4, -0.2) is 33.1 Å². The molecular formula is C11H14N4O2S. The van der Waals surface area contributed by atoms with E-state index >= 15 is 0 Å². The predicted octanol–water partition coefficient (Wildman–Crippen LogP) is 1.69. The van der Waals surface area contributed by atoms with Crippen molar-refractivity contribution in [3.63, 3.8) is 0 Å². The van der Waals surface area contributed by atoms with Crippen molar-refractivity contribution in [2.45, 2.75) is 26.3 Å². The fraction of sp³-hybridized carbons (Fsp3) is 0.455. The average molecular weight is 266 g/mol. The second kappa shape index (κ2) is 5.26. The highest BCUT2D eigenvalue weighted by molar-refractivity contribution is 7.07. The fourth-order valence-electron chi connectivity index (χ4n) is 1.72. The number of ether oxygens (including phenoxy) is 1. The molecule has 2 aromatic heterocycles. The molecule has 0 atom stereocenters. The van der Waals surface area contributed by atoms with Gasteiger partial charge in [0.25, 0.3) is 0 Å². The van der Waals surface area contributed by atoms with Gasteiger partial charge in [-0.3, -0.25) is 0 Å². The molecule has 2 aromatic rings. The Morgan fingerprint density at radius 3 is 2.89 bits per heavy atom. The summed E-state index contributed by atoms with van der Waals surface area (Å²) >= 11 is 1.53. The topological polar surface area (TPSA) is 69.9 Å². The zero-order valence-corrected chi connectivity index (χ0v) is 11.3. The quantitative estimate of drug-likeness (QED) is 0.788. The van der Waals surface area contributed by atoms with Gasteiger partial charge in [-0.2, -0.15) is 0 Å². The van der Waals surface area contributed by atoms with Crippen LogP contribution >= 0.6 is 11.3 Å². The second-order valence-corrected chi connectivity index (χ2v) is 4.83. The summed E-state index contributed by atoms with van der Waals surface area (Å²) < 4.78 is 6.41. The highest BCUT2D eigenvalue weighted by Crippen LogP contribution is 2.19. The highest BCUT2D eigenvalue weighted by Gasteiger charge is 2.22. The lowest BCUT2D eigenvalue weighted by atomic mass is 10.1. The van der Waals surface area contributed by atoms with Gasteiger partial charge in [-0.25, -0.2) is 14.5 Å². The molecule has 0 fully saturated rings. The van der Waals surface area contributed by atoms with Crippen molar-refractivity contribution in [2.75, 3.05) is 7.11 Å². The third-order valence-electron chi connectivity index (χ3n) is 2.49. The van der Waals surface area contributed by atoms with Crippen molar-refractivity contribution < 1.29 is 9.53 Å². The van der Waals surface area contributed by atoms with Gasteiger partial charge in [0, 0.05) is 5.38 Å². The Bertz CT molecular complexity index is 533. The molecule has 96 valence electrons. The van der Waals surface area contributed by atoms with Crippen LogP contribution in [0, 0.1) is 0 Å². The molecule has 0 aliphatic rings. The Balaban J connectivity index is 2.36. The first kappa shape index (κ1) is 12.7. The lowest BCUT2D eigenvalue weighted by Gasteiger charge is -2.09. The Morgan fingerprint density at radius 2 is 2.33 bits per heavy atom. The average Bonchev–Trinajstić information content (AvgIpc) is 2.97. The maximum Gasteiger partial charge on any atom is 0.360 e. The van der Waals surface area contributed by atoms with Gasteiger partial charge in [0.2, 0.25) is 0 Å². The van der Waals surface area contributed by atoms with Gasteiger partial charge in [-0.15, -0.1) is 16.4 Å². The molecule has 0 N–H and O–H groups in total. The van der Waals surface area contributed by atoms with E-state index < -0.39 is 5.97 Å². The van der Waals surface area contributed by atoms with Gasteiger partial charge < -0.3 is 4.74 Å². The first-order valence-corrected chi connectivity index (χ1v) is 6.46. The predicted molar refractivity (Wildman–Crippen MR) is 66.7 cm³/mol. The third kappa shape index (κ3) is 2.40. The van der Waals surface area contributed by atoms with Crippen molar-refractivity contribution in [2.24, 2.45) is 0 Å².